The SMILES string of the molecule is O=C(Nc1ccc(F)cc1F)c1ccc(C2(c3nc4ncc(C(F)(F)F)cc4[nH]3)CCC2)cc1. The Balaban J connectivity index is 1.42. The summed E-state index contributed by atoms with van der Waals surface area (Å²) >= 11 is 0. The summed E-state index contributed by atoms with van der Waals surface area (Å²) in [6.07, 6.45) is -1.38. The minimum atomic E-state index is -4.51. The lowest BCUT2D eigenvalue weighted by Gasteiger charge is -2.40. The van der Waals surface area contributed by atoms with Gasteiger partial charge in [0.2, 0.25) is 0 Å². The molecule has 1 aliphatic rings. The molecule has 5 rings (SSSR count). The zero-order valence-corrected chi connectivity index (χ0v) is 17.5. The van der Waals surface area contributed by atoms with Crippen LogP contribution in [0.3, 0.4) is 0 Å². The smallest absolute Gasteiger partial charge is 0.340 e. The first-order chi connectivity index (χ1) is 16.2. The number of anilines is 1. The Bertz CT molecular complexity index is 1390. The topological polar surface area (TPSA) is 70.7 Å². The molecule has 2 aromatic heterocycles. The van der Waals surface area contributed by atoms with E-state index in [9.17, 15) is 26.7 Å². The van der Waals surface area contributed by atoms with Gasteiger partial charge in [-0.15, -0.1) is 0 Å². The number of halogens is 5. The minimum absolute atomic E-state index is 0.140. The van der Waals surface area contributed by atoms with Crippen molar-refractivity contribution in [1.29, 1.82) is 0 Å². The molecule has 0 bridgehead atoms. The fraction of sp³-hybridized carbons (Fsp3) is 0.208. The molecule has 34 heavy (non-hydrogen) atoms. The fourth-order valence-corrected chi connectivity index (χ4v) is 4.20. The highest BCUT2D eigenvalue weighted by molar-refractivity contribution is 6.04. The third-order valence-corrected chi connectivity index (χ3v) is 6.20. The molecule has 2 aromatic carbocycles. The number of carbonyl (C=O) groups is 1. The Labute approximate surface area is 190 Å². The third-order valence-electron chi connectivity index (χ3n) is 6.20. The van der Waals surface area contributed by atoms with E-state index >= 15 is 0 Å². The molecule has 1 aliphatic carbocycles. The first-order valence-corrected chi connectivity index (χ1v) is 10.5. The maximum absolute atomic E-state index is 13.8. The Morgan fingerprint density at radius 2 is 1.76 bits per heavy atom. The van der Waals surface area contributed by atoms with Crippen LogP contribution in [0, 0.1) is 11.6 Å². The van der Waals surface area contributed by atoms with Gasteiger partial charge in [-0.3, -0.25) is 4.79 Å². The molecule has 0 saturated heterocycles. The molecule has 1 amide bonds. The van der Waals surface area contributed by atoms with E-state index in [1.807, 2.05) is 0 Å². The van der Waals surface area contributed by atoms with Crippen molar-refractivity contribution in [2.75, 3.05) is 5.32 Å². The molecule has 4 aromatic rings. The number of fused-ring (bicyclic) bond motifs is 1. The second-order valence-corrected chi connectivity index (χ2v) is 8.27. The van der Waals surface area contributed by atoms with E-state index < -0.39 is 34.7 Å². The van der Waals surface area contributed by atoms with Crippen molar-refractivity contribution in [2.24, 2.45) is 0 Å². The highest BCUT2D eigenvalue weighted by atomic mass is 19.4. The first kappa shape index (κ1) is 22.0. The molecule has 1 fully saturated rings. The lowest BCUT2D eigenvalue weighted by Crippen LogP contribution is -2.36. The monoisotopic (exact) mass is 472 g/mol. The highest BCUT2D eigenvalue weighted by Gasteiger charge is 2.43. The van der Waals surface area contributed by atoms with E-state index in [0.29, 0.717) is 11.9 Å². The van der Waals surface area contributed by atoms with Gasteiger partial charge in [-0.1, -0.05) is 18.6 Å². The van der Waals surface area contributed by atoms with Crippen molar-refractivity contribution in [2.45, 2.75) is 30.9 Å². The quantitative estimate of drug-likeness (QED) is 0.359. The summed E-state index contributed by atoms with van der Waals surface area (Å²) in [5.74, 6) is -1.68. The summed E-state index contributed by atoms with van der Waals surface area (Å²) < 4.78 is 66.0. The average molecular weight is 472 g/mol. The zero-order chi connectivity index (χ0) is 24.1. The van der Waals surface area contributed by atoms with Crippen LogP contribution in [0.1, 0.15) is 46.6 Å². The van der Waals surface area contributed by atoms with E-state index in [2.05, 4.69) is 20.3 Å². The van der Waals surface area contributed by atoms with Gasteiger partial charge in [0.15, 0.2) is 5.65 Å². The predicted molar refractivity (Wildman–Crippen MR) is 114 cm³/mol. The number of nitrogens with zero attached hydrogens (tertiary/aromatic N) is 2. The van der Waals surface area contributed by atoms with Crippen LogP contribution in [-0.2, 0) is 11.6 Å². The number of alkyl halides is 3. The van der Waals surface area contributed by atoms with E-state index in [1.165, 1.54) is 0 Å². The van der Waals surface area contributed by atoms with Gasteiger partial charge in [-0.25, -0.2) is 18.7 Å². The number of carbonyl (C=O) groups excluding carboxylic acids is 1. The molecular formula is C24H17F5N4O. The molecule has 10 heteroatoms. The summed E-state index contributed by atoms with van der Waals surface area (Å²) in [4.78, 5) is 23.8. The number of aromatic amines is 1. The van der Waals surface area contributed by atoms with Gasteiger partial charge in [-0.2, -0.15) is 13.2 Å². The molecule has 0 aliphatic heterocycles. The molecule has 2 N–H and O–H groups in total. The van der Waals surface area contributed by atoms with Crippen LogP contribution in [0.5, 0.6) is 0 Å². The number of imidazole rings is 1. The van der Waals surface area contributed by atoms with Crippen molar-refractivity contribution >= 4 is 22.8 Å². The van der Waals surface area contributed by atoms with Crippen LogP contribution in [0.25, 0.3) is 11.2 Å². The van der Waals surface area contributed by atoms with Crippen molar-refractivity contribution < 1.29 is 26.7 Å². The summed E-state index contributed by atoms with van der Waals surface area (Å²) in [6.45, 7) is 0. The van der Waals surface area contributed by atoms with Crippen molar-refractivity contribution in [3.05, 3.63) is 88.9 Å². The molecule has 0 atom stereocenters. The molecule has 0 spiro atoms. The fourth-order valence-electron chi connectivity index (χ4n) is 4.20. The second kappa shape index (κ2) is 7.89. The molecule has 174 valence electrons. The molecule has 0 unspecified atom stereocenters. The van der Waals surface area contributed by atoms with Gasteiger partial charge >= 0.3 is 6.18 Å². The van der Waals surface area contributed by atoms with Gasteiger partial charge in [0.1, 0.15) is 17.5 Å². The lowest BCUT2D eigenvalue weighted by molar-refractivity contribution is -0.137. The van der Waals surface area contributed by atoms with Gasteiger partial charge in [0, 0.05) is 17.8 Å². The number of amides is 1. The normalized spacial score (nSPS) is 15.2. The average Bonchev–Trinajstić information content (AvgIpc) is 3.18. The summed E-state index contributed by atoms with van der Waals surface area (Å²) in [5.41, 5.74) is -0.0110. The van der Waals surface area contributed by atoms with Crippen LogP contribution >= 0.6 is 0 Å². The Hall–Kier alpha value is -3.82. The number of pyridine rings is 1. The molecule has 2 heterocycles. The van der Waals surface area contributed by atoms with Crippen LogP contribution in [0.15, 0.2) is 54.7 Å². The zero-order valence-electron chi connectivity index (χ0n) is 17.5. The van der Waals surface area contributed by atoms with Crippen LogP contribution in [0.4, 0.5) is 27.6 Å². The number of benzene rings is 2. The maximum Gasteiger partial charge on any atom is 0.417 e. The molecule has 5 nitrogen and oxygen atoms in total. The van der Waals surface area contributed by atoms with Gasteiger partial charge in [-0.05, 0) is 48.7 Å². The Kier molecular flexibility index (Phi) is 5.11. The Morgan fingerprint density at radius 3 is 2.38 bits per heavy atom. The van der Waals surface area contributed by atoms with Gasteiger partial charge in [0.25, 0.3) is 5.91 Å². The van der Waals surface area contributed by atoms with Crippen molar-refractivity contribution in [3.8, 4) is 0 Å². The summed E-state index contributed by atoms with van der Waals surface area (Å²) in [7, 11) is 0. The first-order valence-electron chi connectivity index (χ1n) is 10.5. The maximum atomic E-state index is 13.8. The van der Waals surface area contributed by atoms with Crippen LogP contribution in [-0.4, -0.2) is 20.9 Å². The summed E-state index contributed by atoms with van der Waals surface area (Å²) in [6, 6.07) is 10.5. The number of hydrogen-bond acceptors (Lipinski definition) is 3. The molecular weight excluding hydrogens is 455 g/mol. The number of aromatic nitrogens is 3. The number of nitrogens with one attached hydrogen (secondary N) is 2. The number of H-pyrrole nitrogens is 1. The number of hydrogen-bond donors (Lipinski definition) is 2. The summed E-state index contributed by atoms with van der Waals surface area (Å²) in [5, 5.41) is 2.41. The van der Waals surface area contributed by atoms with E-state index in [-0.39, 0.29) is 22.4 Å². The Morgan fingerprint density at radius 1 is 1.03 bits per heavy atom. The standard InChI is InChI=1S/C24H17F5N4O/c25-16-6-7-18(17(26)11-16)31-21(34)13-2-4-14(5-3-13)23(8-1-9-23)22-32-19-10-15(24(27,28)29)12-30-20(19)33-22/h2-7,10-12H,1,8-9H2,(H,31,34)(H,30,32,33). The molecule has 0 radical (unpaired) electrons. The van der Waals surface area contributed by atoms with Crippen LogP contribution < -0.4 is 5.32 Å². The largest absolute Gasteiger partial charge is 0.417 e. The van der Waals surface area contributed by atoms with Crippen molar-refractivity contribution in [1.82, 2.24) is 15.0 Å². The van der Waals surface area contributed by atoms with E-state index in [1.54, 1.807) is 24.3 Å². The second-order valence-electron chi connectivity index (χ2n) is 8.27. The van der Waals surface area contributed by atoms with Crippen LogP contribution in [0.2, 0.25) is 0 Å². The number of rotatable bonds is 4. The van der Waals surface area contributed by atoms with Gasteiger partial charge < -0.3 is 10.3 Å². The third kappa shape index (κ3) is 3.78. The molecule has 1 saturated carbocycles. The minimum Gasteiger partial charge on any atom is -0.340 e. The predicted octanol–water partition coefficient (Wildman–Crippen LogP) is 5.98. The van der Waals surface area contributed by atoms with Crippen molar-refractivity contribution in [3.63, 3.8) is 0 Å². The highest BCUT2D eigenvalue weighted by Crippen LogP contribution is 2.48. The van der Waals surface area contributed by atoms with E-state index in [0.717, 1.165) is 49.2 Å². The van der Waals surface area contributed by atoms with Gasteiger partial charge in [0.05, 0.1) is 22.2 Å². The lowest BCUT2D eigenvalue weighted by atomic mass is 9.64. The van der Waals surface area contributed by atoms with E-state index in [4.69, 9.17) is 0 Å².